The summed E-state index contributed by atoms with van der Waals surface area (Å²) < 4.78 is 12.9. The van der Waals surface area contributed by atoms with E-state index >= 15 is 0 Å². The molecular formula is C14H12FN3. The van der Waals surface area contributed by atoms with Crippen molar-refractivity contribution in [1.29, 1.82) is 5.26 Å². The number of hydrogen-bond donors (Lipinski definition) is 0. The zero-order valence-electron chi connectivity index (χ0n) is 9.97. The minimum atomic E-state index is -0.261. The number of benzene rings is 1. The zero-order valence-corrected chi connectivity index (χ0v) is 9.97. The summed E-state index contributed by atoms with van der Waals surface area (Å²) in [4.78, 5) is 6.17. The van der Waals surface area contributed by atoms with Gasteiger partial charge in [0.1, 0.15) is 17.7 Å². The Balaban J connectivity index is 2.33. The van der Waals surface area contributed by atoms with Crippen molar-refractivity contribution in [3.63, 3.8) is 0 Å². The van der Waals surface area contributed by atoms with Gasteiger partial charge >= 0.3 is 0 Å². The smallest absolute Gasteiger partial charge is 0.132 e. The summed E-state index contributed by atoms with van der Waals surface area (Å²) in [6.07, 6.45) is 1.53. The van der Waals surface area contributed by atoms with E-state index in [4.69, 9.17) is 5.26 Å². The van der Waals surface area contributed by atoms with E-state index in [9.17, 15) is 4.39 Å². The normalized spacial score (nSPS) is 9.83. The highest BCUT2D eigenvalue weighted by molar-refractivity contribution is 5.60. The molecule has 0 saturated carbocycles. The lowest BCUT2D eigenvalue weighted by molar-refractivity contribution is 0.628. The Morgan fingerprint density at radius 3 is 2.44 bits per heavy atom. The first-order valence-corrected chi connectivity index (χ1v) is 5.64. The van der Waals surface area contributed by atoms with Gasteiger partial charge in [0.2, 0.25) is 0 Å². The van der Waals surface area contributed by atoms with Gasteiger partial charge in [-0.25, -0.2) is 9.37 Å². The summed E-state index contributed by atoms with van der Waals surface area (Å²) in [5.41, 5.74) is 1.39. The standard InChI is InChI=1S/C14H12FN3/c1-2-18(13-6-4-12(15)5-7-13)14-8-3-11(9-16)10-17-14/h3-8,10H,2H2,1H3. The molecule has 0 spiro atoms. The fraction of sp³-hybridized carbons (Fsp3) is 0.143. The second kappa shape index (κ2) is 5.28. The van der Waals surface area contributed by atoms with Crippen LogP contribution in [0.3, 0.4) is 0 Å². The van der Waals surface area contributed by atoms with Gasteiger partial charge < -0.3 is 4.90 Å². The third-order valence-corrected chi connectivity index (χ3v) is 2.61. The molecule has 0 unspecified atom stereocenters. The highest BCUT2D eigenvalue weighted by Gasteiger charge is 2.08. The third kappa shape index (κ3) is 2.46. The van der Waals surface area contributed by atoms with E-state index in [1.165, 1.54) is 18.3 Å². The Hall–Kier alpha value is -2.41. The van der Waals surface area contributed by atoms with Gasteiger partial charge in [-0.05, 0) is 43.3 Å². The van der Waals surface area contributed by atoms with Crippen LogP contribution < -0.4 is 4.90 Å². The van der Waals surface area contributed by atoms with E-state index in [1.54, 1.807) is 24.3 Å². The minimum Gasteiger partial charge on any atom is -0.327 e. The molecule has 3 nitrogen and oxygen atoms in total. The van der Waals surface area contributed by atoms with Crippen LogP contribution in [0.2, 0.25) is 0 Å². The molecule has 1 heterocycles. The van der Waals surface area contributed by atoms with E-state index in [0.717, 1.165) is 11.5 Å². The van der Waals surface area contributed by atoms with Crippen LogP contribution in [0.25, 0.3) is 0 Å². The van der Waals surface area contributed by atoms with Crippen molar-refractivity contribution in [3.05, 3.63) is 54.0 Å². The minimum absolute atomic E-state index is 0.261. The monoisotopic (exact) mass is 241 g/mol. The highest BCUT2D eigenvalue weighted by atomic mass is 19.1. The van der Waals surface area contributed by atoms with Crippen molar-refractivity contribution in [2.75, 3.05) is 11.4 Å². The second-order valence-corrected chi connectivity index (χ2v) is 3.74. The molecule has 1 aromatic carbocycles. The second-order valence-electron chi connectivity index (χ2n) is 3.74. The van der Waals surface area contributed by atoms with E-state index in [0.29, 0.717) is 12.1 Å². The number of rotatable bonds is 3. The van der Waals surface area contributed by atoms with Crippen molar-refractivity contribution >= 4 is 11.5 Å². The van der Waals surface area contributed by atoms with Crippen molar-refractivity contribution in [2.45, 2.75) is 6.92 Å². The molecule has 0 aliphatic carbocycles. The first-order chi connectivity index (χ1) is 8.74. The number of hydrogen-bond acceptors (Lipinski definition) is 3. The molecule has 18 heavy (non-hydrogen) atoms. The first kappa shape index (κ1) is 12.1. The summed E-state index contributed by atoms with van der Waals surface area (Å²) in [6.45, 7) is 2.70. The maximum absolute atomic E-state index is 12.9. The maximum Gasteiger partial charge on any atom is 0.132 e. The van der Waals surface area contributed by atoms with Crippen LogP contribution in [-0.4, -0.2) is 11.5 Å². The maximum atomic E-state index is 12.9. The SMILES string of the molecule is CCN(c1ccc(F)cc1)c1ccc(C#N)cn1. The van der Waals surface area contributed by atoms with Crippen LogP contribution in [0, 0.1) is 17.1 Å². The quantitative estimate of drug-likeness (QED) is 0.828. The number of anilines is 2. The Kier molecular flexibility index (Phi) is 3.54. The topological polar surface area (TPSA) is 39.9 Å². The van der Waals surface area contributed by atoms with Gasteiger partial charge in [-0.15, -0.1) is 0 Å². The molecule has 2 aromatic rings. The number of aromatic nitrogens is 1. The molecule has 0 saturated heterocycles. The average molecular weight is 241 g/mol. The number of nitriles is 1. The van der Waals surface area contributed by atoms with Crippen molar-refractivity contribution in [1.82, 2.24) is 4.98 Å². The highest BCUT2D eigenvalue weighted by Crippen LogP contribution is 2.23. The Labute approximate surface area is 105 Å². The lowest BCUT2D eigenvalue weighted by Crippen LogP contribution is -2.17. The van der Waals surface area contributed by atoms with Gasteiger partial charge in [-0.3, -0.25) is 0 Å². The van der Waals surface area contributed by atoms with Crippen molar-refractivity contribution < 1.29 is 4.39 Å². The van der Waals surface area contributed by atoms with Crippen LogP contribution in [0.5, 0.6) is 0 Å². The molecular weight excluding hydrogens is 229 g/mol. The summed E-state index contributed by atoms with van der Waals surface area (Å²) >= 11 is 0. The van der Waals surface area contributed by atoms with Crippen LogP contribution in [0.15, 0.2) is 42.6 Å². The van der Waals surface area contributed by atoms with Crippen LogP contribution in [0.4, 0.5) is 15.9 Å². The fourth-order valence-electron chi connectivity index (χ4n) is 1.71. The molecule has 0 aliphatic heterocycles. The summed E-state index contributed by atoms with van der Waals surface area (Å²) in [5.74, 6) is 0.477. The fourth-order valence-corrected chi connectivity index (χ4v) is 1.71. The molecule has 2 rings (SSSR count). The predicted molar refractivity (Wildman–Crippen MR) is 68.0 cm³/mol. The van der Waals surface area contributed by atoms with Crippen molar-refractivity contribution in [3.8, 4) is 6.07 Å². The van der Waals surface area contributed by atoms with Gasteiger partial charge in [0, 0.05) is 18.4 Å². The van der Waals surface area contributed by atoms with E-state index in [-0.39, 0.29) is 5.82 Å². The van der Waals surface area contributed by atoms with Gasteiger partial charge in [0.05, 0.1) is 5.56 Å². The van der Waals surface area contributed by atoms with Crippen LogP contribution >= 0.6 is 0 Å². The molecule has 0 atom stereocenters. The zero-order chi connectivity index (χ0) is 13.0. The molecule has 0 amide bonds. The third-order valence-electron chi connectivity index (χ3n) is 2.61. The molecule has 0 N–H and O–H groups in total. The first-order valence-electron chi connectivity index (χ1n) is 5.64. The number of nitrogens with zero attached hydrogens (tertiary/aromatic N) is 3. The lowest BCUT2D eigenvalue weighted by Gasteiger charge is -2.21. The summed E-state index contributed by atoms with van der Waals surface area (Å²) in [6, 6.07) is 11.8. The number of pyridine rings is 1. The summed E-state index contributed by atoms with van der Waals surface area (Å²) in [5, 5.41) is 8.73. The predicted octanol–water partition coefficient (Wildman–Crippen LogP) is 3.25. The Morgan fingerprint density at radius 1 is 1.22 bits per heavy atom. The molecule has 90 valence electrons. The van der Waals surface area contributed by atoms with E-state index in [1.807, 2.05) is 17.9 Å². The van der Waals surface area contributed by atoms with Gasteiger partial charge in [-0.1, -0.05) is 0 Å². The Bertz CT molecular complexity index is 555. The molecule has 0 aliphatic rings. The van der Waals surface area contributed by atoms with Gasteiger partial charge in [0.15, 0.2) is 0 Å². The van der Waals surface area contributed by atoms with E-state index < -0.39 is 0 Å². The molecule has 1 aromatic heterocycles. The molecule has 0 radical (unpaired) electrons. The molecule has 0 fully saturated rings. The van der Waals surface area contributed by atoms with Crippen LogP contribution in [0.1, 0.15) is 12.5 Å². The van der Waals surface area contributed by atoms with Crippen molar-refractivity contribution in [2.24, 2.45) is 0 Å². The Morgan fingerprint density at radius 2 is 1.94 bits per heavy atom. The average Bonchev–Trinajstić information content (AvgIpc) is 2.42. The summed E-state index contributed by atoms with van der Waals surface area (Å²) in [7, 11) is 0. The largest absolute Gasteiger partial charge is 0.327 e. The van der Waals surface area contributed by atoms with Gasteiger partial charge in [-0.2, -0.15) is 5.26 Å². The lowest BCUT2D eigenvalue weighted by atomic mass is 10.2. The number of halogens is 1. The van der Waals surface area contributed by atoms with E-state index in [2.05, 4.69) is 4.98 Å². The molecule has 4 heteroatoms. The molecule has 0 bridgehead atoms. The van der Waals surface area contributed by atoms with Crippen LogP contribution in [-0.2, 0) is 0 Å². The van der Waals surface area contributed by atoms with Gasteiger partial charge in [0.25, 0.3) is 0 Å².